The fourth-order valence-electron chi connectivity index (χ4n) is 2.81. The zero-order chi connectivity index (χ0) is 16.2. The van der Waals surface area contributed by atoms with E-state index in [1.165, 1.54) is 12.1 Å². The Hall–Kier alpha value is -2.56. The van der Waals surface area contributed by atoms with Crippen molar-refractivity contribution < 1.29 is 8.78 Å². The number of nitrogens with zero attached hydrogens (tertiary/aromatic N) is 1. The topological polar surface area (TPSA) is 41.3 Å². The van der Waals surface area contributed by atoms with Crippen molar-refractivity contribution in [1.29, 1.82) is 0 Å². The van der Waals surface area contributed by atoms with Crippen LogP contribution in [0.5, 0.6) is 0 Å². The van der Waals surface area contributed by atoms with Crippen LogP contribution in [0.3, 0.4) is 0 Å². The van der Waals surface area contributed by atoms with Crippen LogP contribution < -0.4 is 16.0 Å². The van der Waals surface area contributed by atoms with E-state index in [0.717, 1.165) is 18.2 Å². The van der Waals surface area contributed by atoms with E-state index >= 15 is 0 Å². The normalized spacial score (nSPS) is 16.8. The third-order valence-corrected chi connectivity index (χ3v) is 3.91. The number of nitrogens with one attached hydrogen (secondary N) is 1. The van der Waals surface area contributed by atoms with Crippen LogP contribution in [-0.4, -0.2) is 13.1 Å². The number of hydrogen-bond donors (Lipinski definition) is 2. The second-order valence-corrected chi connectivity index (χ2v) is 5.72. The molecule has 23 heavy (non-hydrogen) atoms. The van der Waals surface area contributed by atoms with Gasteiger partial charge in [0.05, 0.1) is 11.5 Å². The van der Waals surface area contributed by atoms with Gasteiger partial charge in [0, 0.05) is 31.6 Å². The molecule has 1 aliphatic rings. The van der Waals surface area contributed by atoms with E-state index in [4.69, 9.17) is 5.73 Å². The molecule has 120 valence electrons. The predicted octanol–water partition coefficient (Wildman–Crippen LogP) is 2.99. The predicted molar refractivity (Wildman–Crippen MR) is 87.6 cm³/mol. The molecule has 0 fully saturated rings. The van der Waals surface area contributed by atoms with E-state index in [2.05, 4.69) is 5.32 Å². The molecular formula is C18H19F2N3. The summed E-state index contributed by atoms with van der Waals surface area (Å²) in [6.07, 6.45) is 1.94. The lowest BCUT2D eigenvalue weighted by Gasteiger charge is -2.27. The van der Waals surface area contributed by atoms with Crippen LogP contribution in [0.2, 0.25) is 0 Å². The van der Waals surface area contributed by atoms with Gasteiger partial charge in [0.2, 0.25) is 0 Å². The molecule has 5 heteroatoms. The average Bonchev–Trinajstić information content (AvgIpc) is 2.93. The standard InChI is InChI=1S/C18H19F2N3/c19-15-6-7-17(16(20)9-15)23(11-13-4-2-1-3-5-13)12-14-8-18(21)22-10-14/h1-9,14,22H,10-12,21H2/t14-/m0/s1. The monoisotopic (exact) mass is 315 g/mol. The number of hydrogen-bond acceptors (Lipinski definition) is 3. The molecule has 0 spiro atoms. The molecule has 0 saturated carbocycles. The molecule has 1 atom stereocenters. The molecule has 0 radical (unpaired) electrons. The Morgan fingerprint density at radius 3 is 2.57 bits per heavy atom. The fraction of sp³-hybridized carbons (Fsp3) is 0.222. The quantitative estimate of drug-likeness (QED) is 0.891. The smallest absolute Gasteiger partial charge is 0.149 e. The number of halogens is 2. The van der Waals surface area contributed by atoms with Gasteiger partial charge in [0.1, 0.15) is 11.6 Å². The van der Waals surface area contributed by atoms with Gasteiger partial charge in [-0.15, -0.1) is 0 Å². The molecule has 3 nitrogen and oxygen atoms in total. The summed E-state index contributed by atoms with van der Waals surface area (Å²) < 4.78 is 27.4. The summed E-state index contributed by atoms with van der Waals surface area (Å²) in [6.45, 7) is 1.87. The summed E-state index contributed by atoms with van der Waals surface area (Å²) in [5.74, 6) is -0.293. The van der Waals surface area contributed by atoms with Crippen molar-refractivity contribution in [1.82, 2.24) is 5.32 Å². The maximum Gasteiger partial charge on any atom is 0.149 e. The van der Waals surface area contributed by atoms with Crippen molar-refractivity contribution in [3.63, 3.8) is 0 Å². The van der Waals surface area contributed by atoms with Gasteiger partial charge in [0.15, 0.2) is 0 Å². The summed E-state index contributed by atoms with van der Waals surface area (Å²) in [5.41, 5.74) is 7.22. The summed E-state index contributed by atoms with van der Waals surface area (Å²) in [5, 5.41) is 3.07. The number of anilines is 1. The van der Waals surface area contributed by atoms with E-state index < -0.39 is 11.6 Å². The number of rotatable bonds is 5. The third-order valence-electron chi connectivity index (χ3n) is 3.91. The molecule has 0 amide bonds. The highest BCUT2D eigenvalue weighted by Gasteiger charge is 2.20. The first-order valence-electron chi connectivity index (χ1n) is 7.57. The molecule has 0 aliphatic carbocycles. The Kier molecular flexibility index (Phi) is 4.46. The Bertz CT molecular complexity index is 701. The van der Waals surface area contributed by atoms with E-state index in [1.54, 1.807) is 0 Å². The van der Waals surface area contributed by atoms with Crippen molar-refractivity contribution in [3.05, 3.63) is 77.6 Å². The van der Waals surface area contributed by atoms with Crippen LogP contribution in [0, 0.1) is 17.6 Å². The lowest BCUT2D eigenvalue weighted by molar-refractivity contribution is 0.565. The van der Waals surface area contributed by atoms with Gasteiger partial charge in [-0.25, -0.2) is 8.78 Å². The van der Waals surface area contributed by atoms with Gasteiger partial charge in [0.25, 0.3) is 0 Å². The largest absolute Gasteiger partial charge is 0.386 e. The highest BCUT2D eigenvalue weighted by atomic mass is 19.1. The van der Waals surface area contributed by atoms with Crippen LogP contribution in [-0.2, 0) is 6.54 Å². The van der Waals surface area contributed by atoms with Gasteiger partial charge in [-0.3, -0.25) is 0 Å². The van der Waals surface area contributed by atoms with Gasteiger partial charge in [-0.05, 0) is 23.8 Å². The zero-order valence-corrected chi connectivity index (χ0v) is 12.7. The van der Waals surface area contributed by atoms with Crippen LogP contribution >= 0.6 is 0 Å². The molecule has 1 heterocycles. The maximum absolute atomic E-state index is 14.2. The molecule has 0 unspecified atom stereocenters. The highest BCUT2D eigenvalue weighted by molar-refractivity contribution is 5.49. The molecule has 0 saturated heterocycles. The van der Waals surface area contributed by atoms with E-state index in [9.17, 15) is 8.78 Å². The summed E-state index contributed by atoms with van der Waals surface area (Å²) >= 11 is 0. The average molecular weight is 315 g/mol. The van der Waals surface area contributed by atoms with Gasteiger partial charge < -0.3 is 16.0 Å². The van der Waals surface area contributed by atoms with Crippen molar-refractivity contribution in [2.75, 3.05) is 18.0 Å². The lowest BCUT2D eigenvalue weighted by atomic mass is 10.1. The molecule has 3 rings (SSSR count). The van der Waals surface area contributed by atoms with Gasteiger partial charge in [-0.1, -0.05) is 30.3 Å². The van der Waals surface area contributed by atoms with Crippen LogP contribution in [0.25, 0.3) is 0 Å². The summed E-state index contributed by atoms with van der Waals surface area (Å²) in [4.78, 5) is 1.92. The van der Waals surface area contributed by atoms with E-state index in [-0.39, 0.29) is 5.92 Å². The van der Waals surface area contributed by atoms with Crippen LogP contribution in [0.15, 0.2) is 60.4 Å². The SMILES string of the molecule is NC1=C[C@H](CN(Cc2ccccc2)c2ccc(F)cc2F)CN1. The van der Waals surface area contributed by atoms with Crippen molar-refractivity contribution in [2.24, 2.45) is 11.7 Å². The maximum atomic E-state index is 14.2. The molecular weight excluding hydrogens is 296 g/mol. The minimum absolute atomic E-state index is 0.183. The van der Waals surface area contributed by atoms with Crippen molar-refractivity contribution in [2.45, 2.75) is 6.54 Å². The van der Waals surface area contributed by atoms with Crippen molar-refractivity contribution in [3.8, 4) is 0 Å². The molecule has 2 aromatic carbocycles. The number of nitrogens with two attached hydrogens (primary N) is 1. The van der Waals surface area contributed by atoms with E-state index in [1.807, 2.05) is 41.3 Å². The zero-order valence-electron chi connectivity index (χ0n) is 12.7. The number of benzene rings is 2. The Balaban J connectivity index is 1.86. The molecule has 0 aromatic heterocycles. The molecule has 2 aromatic rings. The first-order valence-corrected chi connectivity index (χ1v) is 7.57. The Morgan fingerprint density at radius 1 is 1.13 bits per heavy atom. The molecule has 3 N–H and O–H groups in total. The summed E-state index contributed by atoms with van der Waals surface area (Å²) in [7, 11) is 0. The lowest BCUT2D eigenvalue weighted by Crippen LogP contribution is -2.31. The van der Waals surface area contributed by atoms with E-state index in [0.29, 0.717) is 24.6 Å². The fourth-order valence-corrected chi connectivity index (χ4v) is 2.81. The third kappa shape index (κ3) is 3.80. The first kappa shape index (κ1) is 15.3. The second-order valence-electron chi connectivity index (χ2n) is 5.72. The highest BCUT2D eigenvalue weighted by Crippen LogP contribution is 2.24. The second kappa shape index (κ2) is 6.69. The molecule has 1 aliphatic heterocycles. The first-order chi connectivity index (χ1) is 11.1. The minimum Gasteiger partial charge on any atom is -0.386 e. The van der Waals surface area contributed by atoms with Gasteiger partial charge in [-0.2, -0.15) is 0 Å². The minimum atomic E-state index is -0.572. The van der Waals surface area contributed by atoms with Crippen LogP contribution in [0.4, 0.5) is 14.5 Å². The summed E-state index contributed by atoms with van der Waals surface area (Å²) in [6, 6.07) is 13.5. The Labute approximate surface area is 134 Å². The van der Waals surface area contributed by atoms with Crippen LogP contribution in [0.1, 0.15) is 5.56 Å². The Morgan fingerprint density at radius 2 is 1.91 bits per heavy atom. The molecule has 0 bridgehead atoms. The van der Waals surface area contributed by atoms with Crippen molar-refractivity contribution >= 4 is 5.69 Å². The van der Waals surface area contributed by atoms with Gasteiger partial charge >= 0.3 is 0 Å².